The van der Waals surface area contributed by atoms with Crippen LogP contribution in [0.25, 0.3) is 10.9 Å². The Morgan fingerprint density at radius 3 is 2.55 bits per heavy atom. The SMILES string of the molecule is CC(Sc1cccc(NC(=O)CC(C)(C)C)c1)C(=O)Nc1ccc2cc[nH]c2c1. The number of amides is 2. The summed E-state index contributed by atoms with van der Waals surface area (Å²) in [4.78, 5) is 28.8. The third kappa shape index (κ3) is 6.12. The van der Waals surface area contributed by atoms with Gasteiger partial charge < -0.3 is 15.6 Å². The van der Waals surface area contributed by atoms with Crippen LogP contribution in [0, 0.1) is 5.41 Å². The molecule has 0 saturated carbocycles. The summed E-state index contributed by atoms with van der Waals surface area (Å²) in [5.74, 6) is -0.0757. The Morgan fingerprint density at radius 1 is 1.03 bits per heavy atom. The minimum Gasteiger partial charge on any atom is -0.361 e. The van der Waals surface area contributed by atoms with Crippen molar-refractivity contribution < 1.29 is 9.59 Å². The zero-order chi connectivity index (χ0) is 21.0. The Kier molecular flexibility index (Phi) is 6.33. The fourth-order valence-corrected chi connectivity index (χ4v) is 3.89. The molecular weight excluding hydrogens is 382 g/mol. The molecule has 0 aliphatic carbocycles. The van der Waals surface area contributed by atoms with Gasteiger partial charge in [0, 0.05) is 34.4 Å². The van der Waals surface area contributed by atoms with Crippen LogP contribution in [0.4, 0.5) is 11.4 Å². The number of carbonyl (C=O) groups is 2. The van der Waals surface area contributed by atoms with Crippen molar-refractivity contribution in [1.29, 1.82) is 0 Å². The molecule has 0 aliphatic heterocycles. The zero-order valence-electron chi connectivity index (χ0n) is 17.2. The van der Waals surface area contributed by atoms with Gasteiger partial charge in [0.15, 0.2) is 0 Å². The first kappa shape index (κ1) is 21.0. The highest BCUT2D eigenvalue weighted by Crippen LogP contribution is 2.28. The lowest BCUT2D eigenvalue weighted by Gasteiger charge is -2.17. The van der Waals surface area contributed by atoms with Crippen LogP contribution in [0.15, 0.2) is 59.6 Å². The van der Waals surface area contributed by atoms with Gasteiger partial charge in [-0.25, -0.2) is 0 Å². The maximum atomic E-state index is 12.6. The van der Waals surface area contributed by atoms with Gasteiger partial charge in [-0.3, -0.25) is 9.59 Å². The second kappa shape index (κ2) is 8.74. The van der Waals surface area contributed by atoms with E-state index in [9.17, 15) is 9.59 Å². The summed E-state index contributed by atoms with van der Waals surface area (Å²) >= 11 is 1.46. The van der Waals surface area contributed by atoms with Crippen LogP contribution >= 0.6 is 11.8 Å². The van der Waals surface area contributed by atoms with Gasteiger partial charge in [-0.2, -0.15) is 0 Å². The van der Waals surface area contributed by atoms with E-state index in [4.69, 9.17) is 0 Å². The van der Waals surface area contributed by atoms with Gasteiger partial charge in [-0.1, -0.05) is 32.9 Å². The standard InChI is InChI=1S/C23H27N3O2S/c1-15(22(28)26-18-9-8-16-10-11-24-20(16)13-18)29-19-7-5-6-17(12-19)25-21(27)14-23(2,3)4/h5-13,15,24H,14H2,1-4H3,(H,25,27)(H,26,28). The summed E-state index contributed by atoms with van der Waals surface area (Å²) in [7, 11) is 0. The van der Waals surface area contributed by atoms with Crippen molar-refractivity contribution in [2.45, 2.75) is 44.3 Å². The van der Waals surface area contributed by atoms with E-state index in [0.29, 0.717) is 6.42 Å². The fraction of sp³-hybridized carbons (Fsp3) is 0.304. The summed E-state index contributed by atoms with van der Waals surface area (Å²) in [6.07, 6.45) is 2.33. The number of hydrogen-bond donors (Lipinski definition) is 3. The Morgan fingerprint density at radius 2 is 1.79 bits per heavy atom. The van der Waals surface area contributed by atoms with Gasteiger partial charge in [0.05, 0.1) is 5.25 Å². The van der Waals surface area contributed by atoms with E-state index in [0.717, 1.165) is 27.2 Å². The summed E-state index contributed by atoms with van der Waals surface area (Å²) < 4.78 is 0. The fourth-order valence-electron chi connectivity index (χ4n) is 2.96. The largest absolute Gasteiger partial charge is 0.361 e. The Bertz CT molecular complexity index is 1020. The highest BCUT2D eigenvalue weighted by Gasteiger charge is 2.17. The Labute approximate surface area is 175 Å². The molecule has 3 rings (SSSR count). The van der Waals surface area contributed by atoms with Crippen LogP contribution in [-0.4, -0.2) is 22.0 Å². The molecule has 0 saturated heterocycles. The molecule has 2 aromatic carbocycles. The van der Waals surface area contributed by atoms with Gasteiger partial charge in [0.25, 0.3) is 0 Å². The number of fused-ring (bicyclic) bond motifs is 1. The van der Waals surface area contributed by atoms with Gasteiger partial charge >= 0.3 is 0 Å². The van der Waals surface area contributed by atoms with Gasteiger partial charge in [0.2, 0.25) is 11.8 Å². The molecule has 152 valence electrons. The number of rotatable bonds is 6. The lowest BCUT2D eigenvalue weighted by molar-refractivity contribution is -0.118. The zero-order valence-corrected chi connectivity index (χ0v) is 18.0. The van der Waals surface area contributed by atoms with Crippen molar-refractivity contribution >= 4 is 45.9 Å². The molecular formula is C23H27N3O2S. The van der Waals surface area contributed by atoms with Crippen LogP contribution in [0.3, 0.4) is 0 Å². The van der Waals surface area contributed by atoms with E-state index < -0.39 is 0 Å². The third-order valence-electron chi connectivity index (χ3n) is 4.31. The first-order valence-corrected chi connectivity index (χ1v) is 10.5. The third-order valence-corrected chi connectivity index (χ3v) is 5.41. The van der Waals surface area contributed by atoms with Crippen LogP contribution in [-0.2, 0) is 9.59 Å². The van der Waals surface area contributed by atoms with Crippen LogP contribution in [0.2, 0.25) is 0 Å². The Balaban J connectivity index is 1.60. The van der Waals surface area contributed by atoms with Gasteiger partial charge in [-0.05, 0) is 54.1 Å². The molecule has 1 atom stereocenters. The van der Waals surface area contributed by atoms with Crippen LogP contribution in [0.5, 0.6) is 0 Å². The number of aromatic nitrogens is 1. The molecule has 1 aromatic heterocycles. The molecule has 1 heterocycles. The second-order valence-corrected chi connectivity index (χ2v) is 9.76. The van der Waals surface area contributed by atoms with E-state index in [1.54, 1.807) is 0 Å². The second-order valence-electron chi connectivity index (χ2n) is 8.34. The number of benzene rings is 2. The predicted octanol–water partition coefficient (Wildman–Crippen LogP) is 5.66. The summed E-state index contributed by atoms with van der Waals surface area (Å²) in [5.41, 5.74) is 2.43. The average molecular weight is 410 g/mol. The monoisotopic (exact) mass is 409 g/mol. The molecule has 0 aliphatic rings. The van der Waals surface area contributed by atoms with Crippen molar-refractivity contribution in [3.05, 3.63) is 54.7 Å². The lowest BCUT2D eigenvalue weighted by atomic mass is 9.92. The quantitative estimate of drug-likeness (QED) is 0.460. The summed E-state index contributed by atoms with van der Waals surface area (Å²) in [6.45, 7) is 7.98. The molecule has 5 nitrogen and oxygen atoms in total. The van der Waals surface area contributed by atoms with E-state index in [2.05, 4.69) is 15.6 Å². The molecule has 0 fully saturated rings. The van der Waals surface area contributed by atoms with Crippen molar-refractivity contribution in [3.63, 3.8) is 0 Å². The van der Waals surface area contributed by atoms with Crippen molar-refractivity contribution in [2.24, 2.45) is 5.41 Å². The normalized spacial score (nSPS) is 12.6. The number of carbonyl (C=O) groups excluding carboxylic acids is 2. The number of aromatic amines is 1. The molecule has 2 amide bonds. The van der Waals surface area contributed by atoms with Crippen molar-refractivity contribution in [3.8, 4) is 0 Å². The molecule has 0 bridgehead atoms. The maximum absolute atomic E-state index is 12.6. The number of thioether (sulfide) groups is 1. The Hall–Kier alpha value is -2.73. The summed E-state index contributed by atoms with van der Waals surface area (Å²) in [6, 6.07) is 15.4. The highest BCUT2D eigenvalue weighted by atomic mass is 32.2. The van der Waals surface area contributed by atoms with Gasteiger partial charge in [0.1, 0.15) is 0 Å². The number of H-pyrrole nitrogens is 1. The van der Waals surface area contributed by atoms with Crippen molar-refractivity contribution in [2.75, 3.05) is 10.6 Å². The highest BCUT2D eigenvalue weighted by molar-refractivity contribution is 8.00. The molecule has 3 aromatic rings. The molecule has 3 N–H and O–H groups in total. The first-order valence-electron chi connectivity index (χ1n) is 9.64. The summed E-state index contributed by atoms with van der Waals surface area (Å²) in [5, 5.41) is 6.73. The van der Waals surface area contributed by atoms with E-state index in [1.165, 1.54) is 11.8 Å². The molecule has 0 spiro atoms. The topological polar surface area (TPSA) is 74.0 Å². The molecule has 0 radical (unpaired) electrons. The number of nitrogens with one attached hydrogen (secondary N) is 3. The van der Waals surface area contributed by atoms with Crippen molar-refractivity contribution in [1.82, 2.24) is 4.98 Å². The van der Waals surface area contributed by atoms with E-state index in [-0.39, 0.29) is 22.5 Å². The molecule has 29 heavy (non-hydrogen) atoms. The predicted molar refractivity (Wildman–Crippen MR) is 121 cm³/mol. The van der Waals surface area contributed by atoms with Crippen LogP contribution in [0.1, 0.15) is 34.1 Å². The molecule has 6 heteroatoms. The first-order chi connectivity index (χ1) is 13.7. The van der Waals surface area contributed by atoms with E-state index in [1.807, 2.05) is 82.4 Å². The average Bonchev–Trinajstić information content (AvgIpc) is 3.08. The maximum Gasteiger partial charge on any atom is 0.237 e. The van der Waals surface area contributed by atoms with Gasteiger partial charge in [-0.15, -0.1) is 11.8 Å². The lowest BCUT2D eigenvalue weighted by Crippen LogP contribution is -2.22. The number of anilines is 2. The molecule has 1 unspecified atom stereocenters. The smallest absolute Gasteiger partial charge is 0.237 e. The minimum absolute atomic E-state index is 0.00912. The minimum atomic E-state index is -0.283. The van der Waals surface area contributed by atoms with Crippen LogP contribution < -0.4 is 10.6 Å². The van der Waals surface area contributed by atoms with E-state index >= 15 is 0 Å². The number of hydrogen-bond acceptors (Lipinski definition) is 3.